The van der Waals surface area contributed by atoms with Crippen LogP contribution in [0, 0.1) is 10.9 Å². The Balaban J connectivity index is 1.87. The maximum absolute atomic E-state index is 7.73. The van der Waals surface area contributed by atoms with Crippen molar-refractivity contribution in [3.05, 3.63) is 71.2 Å². The largest absolute Gasteiger partial charge is 0.339 e. The highest BCUT2D eigenvalue weighted by Crippen LogP contribution is 2.28. The maximum atomic E-state index is 7.73. The van der Waals surface area contributed by atoms with Crippen molar-refractivity contribution < 1.29 is 0 Å². The summed E-state index contributed by atoms with van der Waals surface area (Å²) in [5.74, 6) is 0.735. The first kappa shape index (κ1) is 16.1. The third kappa shape index (κ3) is 2.75. The number of hydrogen-bond acceptors (Lipinski definition) is 4. The molecule has 0 saturated carbocycles. The zero-order chi connectivity index (χ0) is 18.1. The lowest BCUT2D eigenvalue weighted by atomic mass is 10.1. The van der Waals surface area contributed by atoms with Gasteiger partial charge < -0.3 is 4.98 Å². The fraction of sp³-hybridized carbons (Fsp3) is 0.150. The molecule has 0 aliphatic carbocycles. The van der Waals surface area contributed by atoms with E-state index >= 15 is 0 Å². The Morgan fingerprint density at radius 3 is 2.65 bits per heavy atom. The molecule has 128 valence electrons. The fourth-order valence-electron chi connectivity index (χ4n) is 3.25. The van der Waals surface area contributed by atoms with E-state index in [1.54, 1.807) is 0 Å². The Bertz CT molecular complexity index is 1130. The molecule has 0 fully saturated rings. The van der Waals surface area contributed by atoms with E-state index in [4.69, 9.17) is 20.9 Å². The molecule has 0 atom stereocenters. The summed E-state index contributed by atoms with van der Waals surface area (Å²) < 4.78 is 0. The van der Waals surface area contributed by atoms with Gasteiger partial charge >= 0.3 is 0 Å². The van der Waals surface area contributed by atoms with Gasteiger partial charge in [-0.25, -0.2) is 15.5 Å². The van der Waals surface area contributed by atoms with Crippen molar-refractivity contribution >= 4 is 27.8 Å². The number of nitrogens with zero attached hydrogens (tertiary/aromatic N) is 3. The van der Waals surface area contributed by atoms with Crippen LogP contribution in [0.3, 0.4) is 0 Å². The van der Waals surface area contributed by atoms with Crippen LogP contribution in [0.4, 0.5) is 0 Å². The van der Waals surface area contributed by atoms with E-state index in [1.807, 2.05) is 36.4 Å². The Kier molecular flexibility index (Phi) is 4.01. The number of nitrogens with one attached hydrogen (secondary N) is 3. The van der Waals surface area contributed by atoms with Gasteiger partial charge in [-0.1, -0.05) is 49.4 Å². The van der Waals surface area contributed by atoms with Crippen LogP contribution in [0.2, 0.25) is 0 Å². The minimum absolute atomic E-state index is 0.0582. The Hall–Kier alpha value is -3.41. The van der Waals surface area contributed by atoms with Gasteiger partial charge in [-0.3, -0.25) is 5.41 Å². The number of aromatic nitrogens is 3. The summed E-state index contributed by atoms with van der Waals surface area (Å²) in [6.45, 7) is 2.09. The van der Waals surface area contributed by atoms with Crippen molar-refractivity contribution in [2.75, 3.05) is 0 Å². The molecule has 2 heterocycles. The molecule has 0 aliphatic heterocycles. The molecule has 6 nitrogen and oxygen atoms in total. The second-order valence-corrected chi connectivity index (χ2v) is 6.17. The lowest BCUT2D eigenvalue weighted by molar-refractivity contribution is 0.930. The van der Waals surface area contributed by atoms with Gasteiger partial charge in [0.2, 0.25) is 0 Å². The van der Waals surface area contributed by atoms with E-state index in [9.17, 15) is 0 Å². The molecule has 26 heavy (non-hydrogen) atoms. The van der Waals surface area contributed by atoms with Crippen molar-refractivity contribution in [3.8, 4) is 0 Å². The summed E-state index contributed by atoms with van der Waals surface area (Å²) in [5.41, 5.74) is 11.5. The van der Waals surface area contributed by atoms with E-state index in [0.29, 0.717) is 12.0 Å². The van der Waals surface area contributed by atoms with Gasteiger partial charge in [-0.05, 0) is 18.1 Å². The van der Waals surface area contributed by atoms with Crippen LogP contribution in [-0.4, -0.2) is 20.8 Å². The summed E-state index contributed by atoms with van der Waals surface area (Å²) >= 11 is 0. The van der Waals surface area contributed by atoms with Crippen LogP contribution in [-0.2, 0) is 12.8 Å². The monoisotopic (exact) mass is 342 g/mol. The smallest absolute Gasteiger partial charge is 0.173 e. The standard InChI is InChI=1S/C20H18N6/c1-2-15-18-14-9-8-13(19(21)26-22)11-16(14)24-20(18)25-17(23-15)10-12-6-4-3-5-7-12/h3-9,11,21-22H,2,10H2,1H3,(H,23,24,25). The second kappa shape index (κ2) is 6.48. The molecule has 2 aromatic carbocycles. The maximum Gasteiger partial charge on any atom is 0.173 e. The van der Waals surface area contributed by atoms with Crippen LogP contribution >= 0.6 is 0 Å². The first-order valence-electron chi connectivity index (χ1n) is 8.51. The fourth-order valence-corrected chi connectivity index (χ4v) is 3.25. The molecule has 0 saturated heterocycles. The average Bonchev–Trinajstić information content (AvgIpc) is 3.05. The van der Waals surface area contributed by atoms with Gasteiger partial charge in [-0.15, -0.1) is 5.11 Å². The van der Waals surface area contributed by atoms with Gasteiger partial charge in [0.1, 0.15) is 11.5 Å². The molecule has 0 bridgehead atoms. The topological polar surface area (TPSA) is 102 Å². The Morgan fingerprint density at radius 2 is 1.92 bits per heavy atom. The van der Waals surface area contributed by atoms with Crippen LogP contribution in [0.5, 0.6) is 0 Å². The quantitative estimate of drug-likeness (QED) is 0.286. The van der Waals surface area contributed by atoms with Crippen molar-refractivity contribution in [1.29, 1.82) is 10.9 Å². The molecule has 3 N–H and O–H groups in total. The van der Waals surface area contributed by atoms with Crippen LogP contribution in [0.15, 0.2) is 53.6 Å². The lowest BCUT2D eigenvalue weighted by Crippen LogP contribution is -2.01. The highest BCUT2D eigenvalue weighted by atomic mass is 15.0. The van der Waals surface area contributed by atoms with Gasteiger partial charge in [0.25, 0.3) is 0 Å². The molecule has 6 heteroatoms. The van der Waals surface area contributed by atoms with E-state index in [-0.39, 0.29) is 5.84 Å². The summed E-state index contributed by atoms with van der Waals surface area (Å²) in [6, 6.07) is 15.8. The summed E-state index contributed by atoms with van der Waals surface area (Å²) in [4.78, 5) is 12.9. The number of H-pyrrole nitrogens is 1. The minimum atomic E-state index is -0.0582. The van der Waals surface area contributed by atoms with Crippen molar-refractivity contribution in [2.24, 2.45) is 5.11 Å². The lowest BCUT2D eigenvalue weighted by Gasteiger charge is -2.05. The second-order valence-electron chi connectivity index (χ2n) is 6.17. The number of amidine groups is 1. The predicted octanol–water partition coefficient (Wildman–Crippen LogP) is 4.62. The number of hydrogen-bond donors (Lipinski definition) is 3. The van der Waals surface area contributed by atoms with Crippen LogP contribution in [0.25, 0.3) is 21.9 Å². The average molecular weight is 342 g/mol. The number of aryl methyl sites for hydroxylation is 1. The SMILES string of the molecule is CCc1nc(Cc2ccccc2)nc2[nH]c3cc(C(=N)N=N)ccc3c12. The third-order valence-corrected chi connectivity index (χ3v) is 4.50. The van der Waals surface area contributed by atoms with Crippen molar-refractivity contribution in [2.45, 2.75) is 19.8 Å². The number of benzene rings is 2. The Labute approximate surface area is 150 Å². The van der Waals surface area contributed by atoms with Crippen LogP contribution in [0.1, 0.15) is 29.6 Å². The first-order chi connectivity index (χ1) is 12.7. The molecule has 0 spiro atoms. The normalized spacial score (nSPS) is 11.1. The molecule has 0 unspecified atom stereocenters. The van der Waals surface area contributed by atoms with E-state index < -0.39 is 0 Å². The first-order valence-corrected chi connectivity index (χ1v) is 8.51. The van der Waals surface area contributed by atoms with Crippen molar-refractivity contribution in [3.63, 3.8) is 0 Å². The third-order valence-electron chi connectivity index (χ3n) is 4.50. The number of fused-ring (bicyclic) bond motifs is 3. The van der Waals surface area contributed by atoms with Crippen molar-refractivity contribution in [1.82, 2.24) is 15.0 Å². The highest BCUT2D eigenvalue weighted by molar-refractivity contribution is 6.09. The van der Waals surface area contributed by atoms with Gasteiger partial charge in [0.15, 0.2) is 5.84 Å². The van der Waals surface area contributed by atoms with E-state index in [2.05, 4.69) is 29.2 Å². The Morgan fingerprint density at radius 1 is 1.12 bits per heavy atom. The molecule has 2 aromatic heterocycles. The van der Waals surface area contributed by atoms with E-state index in [0.717, 1.165) is 39.9 Å². The molecule has 0 radical (unpaired) electrons. The molecular formula is C20H18N6. The summed E-state index contributed by atoms with van der Waals surface area (Å²) in [6.07, 6.45) is 1.50. The zero-order valence-corrected chi connectivity index (χ0v) is 14.4. The highest BCUT2D eigenvalue weighted by Gasteiger charge is 2.14. The van der Waals surface area contributed by atoms with E-state index in [1.165, 1.54) is 5.56 Å². The summed E-state index contributed by atoms with van der Waals surface area (Å²) in [7, 11) is 0. The van der Waals surface area contributed by atoms with Crippen LogP contribution < -0.4 is 0 Å². The predicted molar refractivity (Wildman–Crippen MR) is 102 cm³/mol. The number of aromatic amines is 1. The summed E-state index contributed by atoms with van der Waals surface area (Å²) in [5, 5.41) is 13.0. The molecule has 0 amide bonds. The van der Waals surface area contributed by atoms with Gasteiger partial charge in [-0.2, -0.15) is 0 Å². The van der Waals surface area contributed by atoms with Gasteiger partial charge in [0.05, 0.1) is 5.69 Å². The zero-order valence-electron chi connectivity index (χ0n) is 14.4. The molecule has 0 aliphatic rings. The molecule has 4 aromatic rings. The molecule has 4 rings (SSSR count). The minimum Gasteiger partial charge on any atom is -0.339 e. The number of rotatable bonds is 4. The van der Waals surface area contributed by atoms with Gasteiger partial charge in [0, 0.05) is 28.3 Å². The molecular weight excluding hydrogens is 324 g/mol.